The Bertz CT molecular complexity index is 140. The van der Waals surface area contributed by atoms with Crippen LogP contribution in [-0.4, -0.2) is 13.3 Å². The molecule has 0 unspecified atom stereocenters. The first kappa shape index (κ1) is 9.21. The lowest BCUT2D eigenvalue weighted by Gasteiger charge is -2.21. The first-order valence-electron chi connectivity index (χ1n) is 3.41. The smallest absolute Gasteiger partial charge is 0.0195 e. The monoisotopic (exact) mass is 140 g/mol. The van der Waals surface area contributed by atoms with Crippen LogP contribution in [0.2, 0.25) is 0 Å². The first-order valence-corrected chi connectivity index (χ1v) is 3.41. The van der Waals surface area contributed by atoms with Crippen molar-refractivity contribution in [1.82, 2.24) is 5.32 Å². The largest absolute Gasteiger partial charge is 0.391 e. The van der Waals surface area contributed by atoms with Gasteiger partial charge in [-0.25, -0.2) is 0 Å². The molecular weight excluding hydrogens is 124 g/mol. The van der Waals surface area contributed by atoms with Crippen molar-refractivity contribution in [3.8, 4) is 0 Å². The fourth-order valence-electron chi connectivity index (χ4n) is 0.792. The van der Waals surface area contributed by atoms with E-state index in [4.69, 9.17) is 5.41 Å². The third-order valence-electron chi connectivity index (χ3n) is 1.33. The van der Waals surface area contributed by atoms with Crippen molar-refractivity contribution in [1.29, 1.82) is 5.41 Å². The van der Waals surface area contributed by atoms with Gasteiger partial charge in [0.15, 0.2) is 0 Å². The van der Waals surface area contributed by atoms with Gasteiger partial charge >= 0.3 is 0 Å². The van der Waals surface area contributed by atoms with Crippen LogP contribution in [0.4, 0.5) is 0 Å². The van der Waals surface area contributed by atoms with Crippen molar-refractivity contribution in [3.63, 3.8) is 0 Å². The number of hydrogen-bond acceptors (Lipinski definition) is 2. The van der Waals surface area contributed by atoms with Crippen molar-refractivity contribution < 1.29 is 0 Å². The second kappa shape index (κ2) is 3.40. The molecule has 0 spiro atoms. The van der Waals surface area contributed by atoms with Gasteiger partial charge in [-0.15, -0.1) is 0 Å². The Morgan fingerprint density at radius 2 is 1.90 bits per heavy atom. The molecule has 2 nitrogen and oxygen atoms in total. The lowest BCUT2D eigenvalue weighted by Crippen LogP contribution is -2.20. The second-order valence-electron chi connectivity index (χ2n) is 3.25. The third kappa shape index (κ3) is 2.67. The van der Waals surface area contributed by atoms with Gasteiger partial charge in [-0.05, 0) is 6.08 Å². The maximum atomic E-state index is 6.88. The highest BCUT2D eigenvalue weighted by atomic mass is 14.8. The highest BCUT2D eigenvalue weighted by molar-refractivity contribution is 5.69. The van der Waals surface area contributed by atoms with Crippen molar-refractivity contribution >= 4 is 6.21 Å². The van der Waals surface area contributed by atoms with Crippen LogP contribution < -0.4 is 5.32 Å². The summed E-state index contributed by atoms with van der Waals surface area (Å²) in [6, 6.07) is 0. The predicted molar refractivity (Wildman–Crippen MR) is 45.4 cm³/mol. The Labute approximate surface area is 62.8 Å². The summed E-state index contributed by atoms with van der Waals surface area (Å²) < 4.78 is 0. The van der Waals surface area contributed by atoms with Gasteiger partial charge in [0.25, 0.3) is 0 Å². The zero-order chi connectivity index (χ0) is 8.20. The first-order chi connectivity index (χ1) is 4.52. The topological polar surface area (TPSA) is 35.9 Å². The molecule has 0 aromatic heterocycles. The third-order valence-corrected chi connectivity index (χ3v) is 1.33. The molecule has 0 aliphatic heterocycles. The Kier molecular flexibility index (Phi) is 3.13. The SMILES string of the molecule is CN/C(=C\C=N)C(C)(C)C. The summed E-state index contributed by atoms with van der Waals surface area (Å²) in [6.45, 7) is 6.33. The number of rotatable bonds is 2. The van der Waals surface area contributed by atoms with Crippen LogP contribution in [0, 0.1) is 10.8 Å². The molecule has 0 atom stereocenters. The minimum atomic E-state index is 0.117. The summed E-state index contributed by atoms with van der Waals surface area (Å²) >= 11 is 0. The fourth-order valence-corrected chi connectivity index (χ4v) is 0.792. The predicted octanol–water partition coefficient (Wildman–Crippen LogP) is 1.79. The van der Waals surface area contributed by atoms with E-state index in [-0.39, 0.29) is 5.41 Å². The molecule has 2 heteroatoms. The zero-order valence-corrected chi connectivity index (χ0v) is 7.15. The Morgan fingerprint density at radius 3 is 2.00 bits per heavy atom. The molecule has 0 rings (SSSR count). The summed E-state index contributed by atoms with van der Waals surface area (Å²) in [5, 5.41) is 9.93. The van der Waals surface area contributed by atoms with E-state index in [0.29, 0.717) is 0 Å². The molecule has 10 heavy (non-hydrogen) atoms. The average molecular weight is 140 g/mol. The fraction of sp³-hybridized carbons (Fsp3) is 0.625. The normalized spacial score (nSPS) is 13.0. The molecule has 0 amide bonds. The van der Waals surface area contributed by atoms with Crippen molar-refractivity contribution in [2.45, 2.75) is 20.8 Å². The molecular formula is C8H16N2. The molecule has 0 saturated carbocycles. The molecule has 0 aliphatic carbocycles. The van der Waals surface area contributed by atoms with Gasteiger partial charge in [0.05, 0.1) is 0 Å². The molecule has 2 N–H and O–H groups in total. The van der Waals surface area contributed by atoms with E-state index in [1.54, 1.807) is 6.08 Å². The van der Waals surface area contributed by atoms with E-state index >= 15 is 0 Å². The Hall–Kier alpha value is -0.790. The standard InChI is InChI=1S/C8H16N2/c1-8(2,3)7(10-4)5-6-9/h5-6,9-10H,1-4H3/b7-5-,9-6?. The van der Waals surface area contributed by atoms with Crippen molar-refractivity contribution in [2.75, 3.05) is 7.05 Å². The van der Waals surface area contributed by atoms with Crippen LogP contribution in [0.15, 0.2) is 11.8 Å². The summed E-state index contributed by atoms with van der Waals surface area (Å²) in [4.78, 5) is 0. The number of allylic oxidation sites excluding steroid dienone is 2. The highest BCUT2D eigenvalue weighted by Crippen LogP contribution is 2.21. The molecule has 0 saturated heterocycles. The van der Waals surface area contributed by atoms with Crippen LogP contribution in [0.5, 0.6) is 0 Å². The lowest BCUT2D eigenvalue weighted by molar-refractivity contribution is 0.474. The van der Waals surface area contributed by atoms with Gasteiger partial charge in [0.2, 0.25) is 0 Å². The molecule has 0 fully saturated rings. The van der Waals surface area contributed by atoms with E-state index < -0.39 is 0 Å². The summed E-state index contributed by atoms with van der Waals surface area (Å²) in [5.41, 5.74) is 1.20. The van der Waals surface area contributed by atoms with Gasteiger partial charge < -0.3 is 10.7 Å². The Morgan fingerprint density at radius 1 is 1.40 bits per heavy atom. The maximum absolute atomic E-state index is 6.88. The zero-order valence-electron chi connectivity index (χ0n) is 7.15. The number of nitrogens with one attached hydrogen (secondary N) is 2. The molecule has 58 valence electrons. The van der Waals surface area contributed by atoms with E-state index in [9.17, 15) is 0 Å². The minimum absolute atomic E-state index is 0.117. The second-order valence-corrected chi connectivity index (χ2v) is 3.25. The van der Waals surface area contributed by atoms with E-state index in [0.717, 1.165) is 5.70 Å². The summed E-state index contributed by atoms with van der Waals surface area (Å²) in [5.74, 6) is 0. The number of hydrogen-bond donors (Lipinski definition) is 2. The summed E-state index contributed by atoms with van der Waals surface area (Å²) in [7, 11) is 1.88. The van der Waals surface area contributed by atoms with E-state index in [1.165, 1.54) is 6.21 Å². The van der Waals surface area contributed by atoms with Crippen LogP contribution >= 0.6 is 0 Å². The minimum Gasteiger partial charge on any atom is -0.391 e. The van der Waals surface area contributed by atoms with E-state index in [1.807, 2.05) is 7.05 Å². The quantitative estimate of drug-likeness (QED) is 0.563. The van der Waals surface area contributed by atoms with Gasteiger partial charge in [0.1, 0.15) is 0 Å². The molecule has 0 heterocycles. The maximum Gasteiger partial charge on any atom is 0.0195 e. The van der Waals surface area contributed by atoms with Crippen molar-refractivity contribution in [2.24, 2.45) is 5.41 Å². The van der Waals surface area contributed by atoms with Crippen LogP contribution in [-0.2, 0) is 0 Å². The van der Waals surface area contributed by atoms with Crippen LogP contribution in [0.3, 0.4) is 0 Å². The molecule has 0 aromatic carbocycles. The van der Waals surface area contributed by atoms with Gasteiger partial charge in [0, 0.05) is 24.4 Å². The highest BCUT2D eigenvalue weighted by Gasteiger charge is 2.14. The Balaban J connectivity index is 4.35. The molecule has 0 radical (unpaired) electrons. The molecule has 0 aromatic rings. The van der Waals surface area contributed by atoms with Crippen molar-refractivity contribution in [3.05, 3.63) is 11.8 Å². The summed E-state index contributed by atoms with van der Waals surface area (Å²) in [6.07, 6.45) is 3.08. The van der Waals surface area contributed by atoms with Gasteiger partial charge in [-0.1, -0.05) is 20.8 Å². The molecule has 0 bridgehead atoms. The van der Waals surface area contributed by atoms with Gasteiger partial charge in [-0.2, -0.15) is 0 Å². The van der Waals surface area contributed by atoms with E-state index in [2.05, 4.69) is 26.1 Å². The van der Waals surface area contributed by atoms with Crippen LogP contribution in [0.25, 0.3) is 0 Å². The lowest BCUT2D eigenvalue weighted by atomic mass is 9.92. The van der Waals surface area contributed by atoms with Crippen LogP contribution in [0.1, 0.15) is 20.8 Å². The van der Waals surface area contributed by atoms with Gasteiger partial charge in [-0.3, -0.25) is 0 Å². The molecule has 0 aliphatic rings. The average Bonchev–Trinajstić information content (AvgIpc) is 1.80.